The van der Waals surface area contributed by atoms with Crippen molar-refractivity contribution in [2.75, 3.05) is 5.88 Å². The maximum atomic E-state index is 5.66. The highest BCUT2D eigenvalue weighted by Gasteiger charge is 1.94. The summed E-state index contributed by atoms with van der Waals surface area (Å²) in [6.07, 6.45) is 26.5. The first-order chi connectivity index (χ1) is 12.7. The van der Waals surface area contributed by atoms with Crippen LogP contribution in [-0.2, 0) is 0 Å². The molecule has 0 amide bonds. The molecule has 0 heterocycles. The molecule has 0 saturated heterocycles. The van der Waals surface area contributed by atoms with Gasteiger partial charge < -0.3 is 0 Å². The van der Waals surface area contributed by atoms with Crippen molar-refractivity contribution >= 4 is 23.2 Å². The Bertz CT molecular complexity index is 200. The topological polar surface area (TPSA) is 0 Å². The van der Waals surface area contributed by atoms with Gasteiger partial charge in [-0.2, -0.15) is 0 Å². The van der Waals surface area contributed by atoms with E-state index in [0.29, 0.717) is 5.38 Å². The zero-order valence-electron chi connectivity index (χ0n) is 18.5. The molecule has 160 valence electrons. The van der Waals surface area contributed by atoms with Gasteiger partial charge in [-0.3, -0.25) is 0 Å². The lowest BCUT2D eigenvalue weighted by molar-refractivity contribution is 0.531. The van der Waals surface area contributed by atoms with E-state index in [1.807, 2.05) is 6.92 Å². The molecule has 1 unspecified atom stereocenters. The van der Waals surface area contributed by atoms with Crippen LogP contribution in [0.5, 0.6) is 0 Å². The predicted octanol–water partition coefficient (Wildman–Crippen LogP) is 10.3. The Labute approximate surface area is 177 Å². The molecule has 0 aromatic heterocycles. The summed E-state index contributed by atoms with van der Waals surface area (Å²) in [6.45, 7) is 6.51. The third-order valence-corrected chi connectivity index (χ3v) is 5.43. The van der Waals surface area contributed by atoms with E-state index < -0.39 is 0 Å². The van der Waals surface area contributed by atoms with Crippen molar-refractivity contribution in [1.29, 1.82) is 0 Å². The number of hydrogen-bond donors (Lipinski definition) is 0. The Hall–Kier alpha value is 0.580. The molecule has 0 rings (SSSR count). The van der Waals surface area contributed by atoms with Gasteiger partial charge in [-0.1, -0.05) is 123 Å². The minimum absolute atomic E-state index is 0.375. The van der Waals surface area contributed by atoms with E-state index in [1.54, 1.807) is 0 Å². The van der Waals surface area contributed by atoms with E-state index in [-0.39, 0.29) is 0 Å². The number of halogens is 2. The summed E-state index contributed by atoms with van der Waals surface area (Å²) in [4.78, 5) is 0. The lowest BCUT2D eigenvalue weighted by Crippen LogP contribution is -1.87. The molecule has 0 aliphatic rings. The Morgan fingerprint density at radius 3 is 1.04 bits per heavy atom. The van der Waals surface area contributed by atoms with Crippen molar-refractivity contribution in [2.24, 2.45) is 0 Å². The number of alkyl halides is 2. The van der Waals surface area contributed by atoms with E-state index in [9.17, 15) is 0 Å². The van der Waals surface area contributed by atoms with E-state index in [4.69, 9.17) is 23.2 Å². The summed E-state index contributed by atoms with van der Waals surface area (Å²) in [7, 11) is 0. The molecule has 0 saturated carbocycles. The predicted molar refractivity (Wildman–Crippen MR) is 125 cm³/mol. The standard InChI is InChI=1S/C18H37Cl.C6H13Cl/c1-2-3-4-5-6-7-8-9-10-11-12-13-14-15-16-17-18-19;1-3-4-5-6(2)7/h2-18H2,1H3;6H,3-5H2,1-2H3. The second kappa shape index (κ2) is 27.8. The average molecular weight is 410 g/mol. The van der Waals surface area contributed by atoms with Gasteiger partial charge in [0.25, 0.3) is 0 Å². The van der Waals surface area contributed by atoms with Crippen LogP contribution in [0.2, 0.25) is 0 Å². The van der Waals surface area contributed by atoms with Crippen molar-refractivity contribution in [2.45, 2.75) is 148 Å². The molecule has 0 radical (unpaired) electrons. The molecule has 0 aromatic carbocycles. The van der Waals surface area contributed by atoms with Crippen LogP contribution < -0.4 is 0 Å². The third-order valence-electron chi connectivity index (χ3n) is 4.94. The van der Waals surface area contributed by atoms with Crippen LogP contribution in [0.3, 0.4) is 0 Å². The fourth-order valence-electron chi connectivity index (χ4n) is 3.13. The molecular formula is C24H50Cl2. The number of unbranched alkanes of at least 4 members (excludes halogenated alkanes) is 16. The summed E-state index contributed by atoms with van der Waals surface area (Å²) in [5.74, 6) is 0.846. The highest BCUT2D eigenvalue weighted by molar-refractivity contribution is 6.20. The van der Waals surface area contributed by atoms with Crippen LogP contribution in [0, 0.1) is 0 Å². The van der Waals surface area contributed by atoms with E-state index >= 15 is 0 Å². The maximum Gasteiger partial charge on any atom is 0.0307 e. The minimum Gasteiger partial charge on any atom is -0.127 e. The van der Waals surface area contributed by atoms with Gasteiger partial charge in [0.2, 0.25) is 0 Å². The SMILES string of the molecule is CCCCC(C)Cl.CCCCCCCCCCCCCCCCCCCl. The normalized spacial score (nSPS) is 11.9. The fourth-order valence-corrected chi connectivity index (χ4v) is 3.47. The van der Waals surface area contributed by atoms with Gasteiger partial charge >= 0.3 is 0 Å². The first-order valence-electron chi connectivity index (χ1n) is 11.9. The summed E-state index contributed by atoms with van der Waals surface area (Å²) in [6, 6.07) is 0. The van der Waals surface area contributed by atoms with Gasteiger partial charge in [0.05, 0.1) is 0 Å². The molecule has 0 bridgehead atoms. The monoisotopic (exact) mass is 408 g/mol. The van der Waals surface area contributed by atoms with Gasteiger partial charge in [0.1, 0.15) is 0 Å². The maximum absolute atomic E-state index is 5.66. The zero-order chi connectivity index (χ0) is 19.7. The first-order valence-corrected chi connectivity index (χ1v) is 12.9. The highest BCUT2D eigenvalue weighted by Crippen LogP contribution is 2.13. The Morgan fingerprint density at radius 1 is 0.500 bits per heavy atom. The van der Waals surface area contributed by atoms with Crippen molar-refractivity contribution in [3.63, 3.8) is 0 Å². The molecule has 0 aliphatic heterocycles. The average Bonchev–Trinajstić information content (AvgIpc) is 2.63. The Morgan fingerprint density at radius 2 is 0.808 bits per heavy atom. The third kappa shape index (κ3) is 32.3. The number of hydrogen-bond acceptors (Lipinski definition) is 0. The summed E-state index contributed by atoms with van der Waals surface area (Å²) in [5.41, 5.74) is 0. The molecule has 0 fully saturated rings. The summed E-state index contributed by atoms with van der Waals surface area (Å²) in [5, 5.41) is 0.375. The summed E-state index contributed by atoms with van der Waals surface area (Å²) >= 11 is 11.3. The van der Waals surface area contributed by atoms with Gasteiger partial charge in [-0.05, 0) is 19.8 Å². The van der Waals surface area contributed by atoms with E-state index in [0.717, 1.165) is 12.3 Å². The lowest BCUT2D eigenvalue weighted by atomic mass is 10.0. The zero-order valence-corrected chi connectivity index (χ0v) is 20.0. The van der Waals surface area contributed by atoms with Gasteiger partial charge in [0, 0.05) is 11.3 Å². The van der Waals surface area contributed by atoms with Gasteiger partial charge in [-0.25, -0.2) is 0 Å². The lowest BCUT2D eigenvalue weighted by Gasteiger charge is -2.03. The minimum atomic E-state index is 0.375. The van der Waals surface area contributed by atoms with E-state index in [2.05, 4.69) is 13.8 Å². The number of rotatable bonds is 19. The van der Waals surface area contributed by atoms with Crippen LogP contribution in [0.1, 0.15) is 143 Å². The van der Waals surface area contributed by atoms with Gasteiger partial charge in [-0.15, -0.1) is 23.2 Å². The van der Waals surface area contributed by atoms with Crippen molar-refractivity contribution in [1.82, 2.24) is 0 Å². The summed E-state index contributed by atoms with van der Waals surface area (Å²) < 4.78 is 0. The van der Waals surface area contributed by atoms with Crippen LogP contribution in [0.15, 0.2) is 0 Å². The molecule has 0 N–H and O–H groups in total. The molecule has 0 aliphatic carbocycles. The smallest absolute Gasteiger partial charge is 0.0307 e. The Kier molecular flexibility index (Phi) is 30.8. The first kappa shape index (κ1) is 28.8. The molecule has 0 nitrogen and oxygen atoms in total. The quantitative estimate of drug-likeness (QED) is 0.147. The largest absolute Gasteiger partial charge is 0.127 e. The molecule has 26 heavy (non-hydrogen) atoms. The van der Waals surface area contributed by atoms with Crippen LogP contribution in [-0.4, -0.2) is 11.3 Å². The van der Waals surface area contributed by atoms with Crippen LogP contribution in [0.25, 0.3) is 0 Å². The Balaban J connectivity index is 0. The second-order valence-corrected chi connectivity index (χ2v) is 9.04. The second-order valence-electron chi connectivity index (χ2n) is 7.92. The molecular weight excluding hydrogens is 359 g/mol. The molecule has 1 atom stereocenters. The van der Waals surface area contributed by atoms with Gasteiger partial charge in [0.15, 0.2) is 0 Å². The molecule has 0 aromatic rings. The van der Waals surface area contributed by atoms with E-state index in [1.165, 1.54) is 116 Å². The fraction of sp³-hybridized carbons (Fsp3) is 1.00. The van der Waals surface area contributed by atoms with Crippen LogP contribution in [0.4, 0.5) is 0 Å². The van der Waals surface area contributed by atoms with Crippen molar-refractivity contribution in [3.8, 4) is 0 Å². The molecule has 2 heteroatoms. The van der Waals surface area contributed by atoms with Crippen molar-refractivity contribution < 1.29 is 0 Å². The van der Waals surface area contributed by atoms with Crippen LogP contribution >= 0.6 is 23.2 Å². The molecule has 0 spiro atoms. The highest BCUT2D eigenvalue weighted by atomic mass is 35.5. The van der Waals surface area contributed by atoms with Crippen molar-refractivity contribution in [3.05, 3.63) is 0 Å².